The van der Waals surface area contributed by atoms with Gasteiger partial charge in [-0.1, -0.05) is 23.4 Å². The maximum Gasteiger partial charge on any atom is 0.378 e. The number of carbonyl (C=O) groups excluding carboxylic acids is 1. The maximum absolute atomic E-state index is 12.9. The van der Waals surface area contributed by atoms with Crippen molar-refractivity contribution in [2.45, 2.75) is 11.8 Å². The molecular weight excluding hydrogens is 310 g/mol. The lowest BCUT2D eigenvalue weighted by Crippen LogP contribution is -2.02. The second kappa shape index (κ2) is 4.56. The number of Topliss-reactive ketones (excluding diaryl/α,β-unsaturated/α-hetero) is 1. The zero-order valence-electron chi connectivity index (χ0n) is 9.15. The second-order valence-corrected chi connectivity index (χ2v) is 4.55. The van der Waals surface area contributed by atoms with E-state index in [1.165, 1.54) is 13.0 Å². The van der Waals surface area contributed by atoms with Crippen molar-refractivity contribution in [3.05, 3.63) is 35.7 Å². The fourth-order valence-electron chi connectivity index (χ4n) is 1.33. The standard InChI is InChI=1S/C11H7BrF2N2O2/c1-6(17)7-3-2-4-8(5-7)9-15-10(18-16-9)11(12,13)14/h2-5H,1H3. The molecule has 94 valence electrons. The number of rotatable bonds is 3. The number of carbonyl (C=O) groups is 1. The van der Waals surface area contributed by atoms with Gasteiger partial charge >= 0.3 is 10.7 Å². The van der Waals surface area contributed by atoms with Crippen LogP contribution in [0.3, 0.4) is 0 Å². The Morgan fingerprint density at radius 1 is 1.44 bits per heavy atom. The predicted molar refractivity (Wildman–Crippen MR) is 62.6 cm³/mol. The highest BCUT2D eigenvalue weighted by atomic mass is 79.9. The van der Waals surface area contributed by atoms with Gasteiger partial charge in [-0.05, 0) is 13.0 Å². The lowest BCUT2D eigenvalue weighted by atomic mass is 10.1. The van der Waals surface area contributed by atoms with Crippen LogP contribution in [0, 0.1) is 0 Å². The molecule has 0 saturated carbocycles. The van der Waals surface area contributed by atoms with Gasteiger partial charge in [0.2, 0.25) is 5.82 Å². The second-order valence-electron chi connectivity index (χ2n) is 3.56. The summed E-state index contributed by atoms with van der Waals surface area (Å²) in [6.45, 7) is 1.41. The van der Waals surface area contributed by atoms with E-state index < -0.39 is 10.7 Å². The van der Waals surface area contributed by atoms with Gasteiger partial charge in [0.05, 0.1) is 0 Å². The summed E-state index contributed by atoms with van der Waals surface area (Å²) in [4.78, 5) is 11.4. The summed E-state index contributed by atoms with van der Waals surface area (Å²) >= 11 is 2.13. The average molecular weight is 317 g/mol. The zero-order valence-corrected chi connectivity index (χ0v) is 10.7. The van der Waals surface area contributed by atoms with Crippen molar-refractivity contribution in [1.82, 2.24) is 10.1 Å². The topological polar surface area (TPSA) is 56.0 Å². The van der Waals surface area contributed by atoms with E-state index in [2.05, 4.69) is 30.6 Å². The van der Waals surface area contributed by atoms with Gasteiger partial charge < -0.3 is 4.52 Å². The molecule has 0 radical (unpaired) electrons. The molecule has 0 spiro atoms. The lowest BCUT2D eigenvalue weighted by Gasteiger charge is -1.99. The van der Waals surface area contributed by atoms with Gasteiger partial charge in [-0.15, -0.1) is 0 Å². The highest BCUT2D eigenvalue weighted by molar-refractivity contribution is 9.09. The summed E-state index contributed by atoms with van der Waals surface area (Å²) in [5.74, 6) is -0.954. The molecule has 2 aromatic rings. The Labute approximate surface area is 109 Å². The molecule has 1 aromatic carbocycles. The number of ketones is 1. The number of hydrogen-bond donors (Lipinski definition) is 0. The van der Waals surface area contributed by atoms with Crippen molar-refractivity contribution in [2.75, 3.05) is 0 Å². The molecule has 18 heavy (non-hydrogen) atoms. The van der Waals surface area contributed by atoms with Crippen LogP contribution in [0.15, 0.2) is 28.8 Å². The van der Waals surface area contributed by atoms with Crippen molar-refractivity contribution in [2.24, 2.45) is 0 Å². The van der Waals surface area contributed by atoms with E-state index in [1.54, 1.807) is 18.2 Å². The first-order valence-corrected chi connectivity index (χ1v) is 5.69. The molecular formula is C11H7BrF2N2O2. The van der Waals surface area contributed by atoms with Gasteiger partial charge in [0.1, 0.15) is 0 Å². The minimum atomic E-state index is -3.36. The van der Waals surface area contributed by atoms with Gasteiger partial charge in [-0.3, -0.25) is 4.79 Å². The lowest BCUT2D eigenvalue weighted by molar-refractivity contribution is 0.0725. The van der Waals surface area contributed by atoms with Crippen molar-refractivity contribution in [1.29, 1.82) is 0 Å². The van der Waals surface area contributed by atoms with Crippen molar-refractivity contribution < 1.29 is 18.1 Å². The number of hydrogen-bond acceptors (Lipinski definition) is 4. The van der Waals surface area contributed by atoms with Crippen molar-refractivity contribution in [3.8, 4) is 11.4 Å². The van der Waals surface area contributed by atoms with Gasteiger partial charge in [0, 0.05) is 27.1 Å². The molecule has 0 bridgehead atoms. The smallest absolute Gasteiger partial charge is 0.331 e. The molecule has 7 heteroatoms. The number of halogens is 3. The van der Waals surface area contributed by atoms with E-state index >= 15 is 0 Å². The summed E-state index contributed by atoms with van der Waals surface area (Å²) in [5.41, 5.74) is 0.888. The number of alkyl halides is 3. The van der Waals surface area contributed by atoms with Gasteiger partial charge in [-0.2, -0.15) is 13.8 Å². The van der Waals surface area contributed by atoms with Crippen LogP contribution >= 0.6 is 15.9 Å². The summed E-state index contributed by atoms with van der Waals surface area (Å²) in [6, 6.07) is 6.36. The number of nitrogens with zero attached hydrogens (tertiary/aromatic N) is 2. The molecule has 0 amide bonds. The van der Waals surface area contributed by atoms with E-state index in [9.17, 15) is 13.6 Å². The molecule has 1 aromatic heterocycles. The predicted octanol–water partition coefficient (Wildman–Crippen LogP) is 3.38. The first-order valence-electron chi connectivity index (χ1n) is 4.90. The fraction of sp³-hybridized carbons (Fsp3) is 0.182. The Morgan fingerprint density at radius 2 is 2.17 bits per heavy atom. The number of benzene rings is 1. The first-order chi connectivity index (χ1) is 8.38. The summed E-state index contributed by atoms with van der Waals surface area (Å²) in [5, 5.41) is 3.45. The van der Waals surface area contributed by atoms with Crippen LogP contribution in [0.1, 0.15) is 23.2 Å². The largest absolute Gasteiger partial charge is 0.378 e. The quantitative estimate of drug-likeness (QED) is 0.643. The average Bonchev–Trinajstić information content (AvgIpc) is 2.78. The maximum atomic E-state index is 12.9. The molecule has 4 nitrogen and oxygen atoms in total. The molecule has 0 atom stereocenters. The van der Waals surface area contributed by atoms with Crippen LogP contribution in [-0.4, -0.2) is 15.9 Å². The van der Waals surface area contributed by atoms with Crippen LogP contribution < -0.4 is 0 Å². The van der Waals surface area contributed by atoms with Gasteiger partial charge in [0.15, 0.2) is 5.78 Å². The van der Waals surface area contributed by atoms with E-state index in [4.69, 9.17) is 0 Å². The third-order valence-corrected chi connectivity index (χ3v) is 2.54. The monoisotopic (exact) mass is 316 g/mol. The van der Waals surface area contributed by atoms with E-state index in [0.717, 1.165) is 0 Å². The Hall–Kier alpha value is -1.63. The highest BCUT2D eigenvalue weighted by Crippen LogP contribution is 2.34. The molecule has 0 aliphatic heterocycles. The van der Waals surface area contributed by atoms with Crippen molar-refractivity contribution in [3.63, 3.8) is 0 Å². The molecule has 0 aliphatic rings. The minimum absolute atomic E-state index is 0.00669. The summed E-state index contributed by atoms with van der Waals surface area (Å²) in [6.07, 6.45) is 0. The Bertz CT molecular complexity index is 593. The van der Waals surface area contributed by atoms with Crippen LogP contribution in [0.2, 0.25) is 0 Å². The Balaban J connectivity index is 2.40. The fourth-order valence-corrected chi connectivity index (χ4v) is 1.49. The molecule has 1 heterocycles. The van der Waals surface area contributed by atoms with E-state index in [0.29, 0.717) is 11.1 Å². The Morgan fingerprint density at radius 3 is 2.72 bits per heavy atom. The van der Waals surface area contributed by atoms with E-state index in [1.807, 2.05) is 0 Å². The molecule has 0 N–H and O–H groups in total. The van der Waals surface area contributed by atoms with Crippen LogP contribution in [-0.2, 0) is 4.83 Å². The molecule has 0 fully saturated rings. The Kier molecular flexibility index (Phi) is 3.25. The summed E-state index contributed by atoms with van der Waals surface area (Å²) < 4.78 is 30.2. The van der Waals surface area contributed by atoms with Crippen LogP contribution in [0.4, 0.5) is 8.78 Å². The summed E-state index contributed by atoms with van der Waals surface area (Å²) in [7, 11) is 0. The number of aromatic nitrogens is 2. The SMILES string of the molecule is CC(=O)c1cccc(-c2noc(C(F)(F)Br)n2)c1. The zero-order chi connectivity index (χ0) is 13.3. The molecule has 0 aliphatic carbocycles. The molecule has 2 rings (SSSR count). The van der Waals surface area contributed by atoms with Gasteiger partial charge in [0.25, 0.3) is 0 Å². The van der Waals surface area contributed by atoms with E-state index in [-0.39, 0.29) is 11.6 Å². The molecule has 0 unspecified atom stereocenters. The van der Waals surface area contributed by atoms with Crippen LogP contribution in [0.5, 0.6) is 0 Å². The first kappa shape index (κ1) is 12.8. The normalized spacial score (nSPS) is 11.6. The third kappa shape index (κ3) is 2.61. The third-order valence-electron chi connectivity index (χ3n) is 2.20. The molecule has 0 saturated heterocycles. The minimum Gasteiger partial charge on any atom is -0.331 e. The van der Waals surface area contributed by atoms with Crippen molar-refractivity contribution >= 4 is 21.7 Å². The highest BCUT2D eigenvalue weighted by Gasteiger charge is 2.34. The van der Waals surface area contributed by atoms with Crippen LogP contribution in [0.25, 0.3) is 11.4 Å². The van der Waals surface area contributed by atoms with Gasteiger partial charge in [-0.25, -0.2) is 0 Å².